The van der Waals surface area contributed by atoms with Crippen molar-refractivity contribution in [3.05, 3.63) is 46.5 Å². The van der Waals surface area contributed by atoms with Crippen molar-refractivity contribution in [1.29, 1.82) is 0 Å². The Labute approximate surface area is 219 Å². The van der Waals surface area contributed by atoms with Gasteiger partial charge in [0, 0.05) is 30.3 Å². The molecule has 0 fully saturated rings. The quantitative estimate of drug-likeness (QED) is 0.304. The first-order chi connectivity index (χ1) is 17.6. The van der Waals surface area contributed by atoms with E-state index in [1.165, 1.54) is 0 Å². The number of benzene rings is 1. The van der Waals surface area contributed by atoms with Crippen LogP contribution in [-0.2, 0) is 6.42 Å². The second kappa shape index (κ2) is 11.1. The second-order valence-corrected chi connectivity index (χ2v) is 11.4. The number of Topliss-reactive ketones (excluding diaryl/α,β-unsaturated/α-hetero) is 1. The zero-order valence-corrected chi connectivity index (χ0v) is 23.1. The molecule has 1 atom stereocenters. The molecule has 8 nitrogen and oxygen atoms in total. The van der Waals surface area contributed by atoms with Crippen LogP contribution >= 0.6 is 0 Å². The van der Waals surface area contributed by atoms with E-state index in [1.807, 2.05) is 25.1 Å². The maximum absolute atomic E-state index is 13.4. The molecule has 1 aliphatic rings. The Balaban J connectivity index is 1.53. The lowest BCUT2D eigenvalue weighted by Crippen LogP contribution is -2.30. The number of rotatable bonds is 11. The van der Waals surface area contributed by atoms with Crippen LogP contribution in [0.3, 0.4) is 0 Å². The molecule has 200 valence electrons. The Morgan fingerprint density at radius 1 is 1.22 bits per heavy atom. The zero-order chi connectivity index (χ0) is 26.7. The number of hydrogen-bond acceptors (Lipinski definition) is 5. The molecule has 3 N–H and O–H groups in total. The molecule has 1 aliphatic carbocycles. The molecule has 0 saturated carbocycles. The first-order valence-electron chi connectivity index (χ1n) is 13.4. The summed E-state index contributed by atoms with van der Waals surface area (Å²) in [5.74, 6) is 1.44. The molecule has 0 spiro atoms. The third kappa shape index (κ3) is 6.24. The molecule has 8 heteroatoms. The van der Waals surface area contributed by atoms with E-state index in [0.717, 1.165) is 72.5 Å². The van der Waals surface area contributed by atoms with Crippen molar-refractivity contribution in [2.75, 3.05) is 27.2 Å². The van der Waals surface area contributed by atoms with Gasteiger partial charge in [-0.05, 0) is 63.4 Å². The standard InChI is InChI=1S/C29H41N5O3/c1-7-8-10-21(27-31-20-12-11-19(15-22(20)32-27)37-14-9-13-34(5)6)33-28(36)26-18(2)25-23(30-26)16-29(3,4)17-24(25)35/h11-12,15,21,30H,7-10,13-14,16-17H2,1-6H3,(H,31,32)(H,33,36). The monoisotopic (exact) mass is 507 g/mol. The van der Waals surface area contributed by atoms with Crippen molar-refractivity contribution in [2.45, 2.75) is 72.3 Å². The molecule has 37 heavy (non-hydrogen) atoms. The Kier molecular flexibility index (Phi) is 8.07. The molecule has 1 amide bonds. The number of nitrogens with one attached hydrogen (secondary N) is 3. The van der Waals surface area contributed by atoms with E-state index in [1.54, 1.807) is 0 Å². The summed E-state index contributed by atoms with van der Waals surface area (Å²) in [5.41, 5.74) is 4.39. The molecule has 1 aromatic carbocycles. The first-order valence-corrected chi connectivity index (χ1v) is 13.4. The summed E-state index contributed by atoms with van der Waals surface area (Å²) in [6, 6.07) is 5.59. The lowest BCUT2D eigenvalue weighted by atomic mass is 9.75. The lowest BCUT2D eigenvalue weighted by Gasteiger charge is -2.28. The molecular weight excluding hydrogens is 466 g/mol. The van der Waals surface area contributed by atoms with Crippen LogP contribution in [0.5, 0.6) is 5.75 Å². The number of aromatic nitrogens is 3. The minimum absolute atomic E-state index is 0.109. The summed E-state index contributed by atoms with van der Waals surface area (Å²) < 4.78 is 5.92. The van der Waals surface area contributed by atoms with Gasteiger partial charge in [0.2, 0.25) is 0 Å². The number of carbonyl (C=O) groups is 2. The van der Waals surface area contributed by atoms with Gasteiger partial charge in [0.05, 0.1) is 23.7 Å². The number of unbranched alkanes of at least 4 members (excludes halogenated alkanes) is 1. The highest BCUT2D eigenvalue weighted by atomic mass is 16.5. The number of hydrogen-bond donors (Lipinski definition) is 3. The molecule has 4 rings (SSSR count). The van der Waals surface area contributed by atoms with E-state index in [9.17, 15) is 9.59 Å². The molecule has 0 bridgehead atoms. The minimum Gasteiger partial charge on any atom is -0.493 e. The van der Waals surface area contributed by atoms with E-state index in [-0.39, 0.29) is 23.1 Å². The number of ether oxygens (including phenoxy) is 1. The summed E-state index contributed by atoms with van der Waals surface area (Å²) in [4.78, 5) is 39.9. The number of H-pyrrole nitrogens is 2. The van der Waals surface area contributed by atoms with Crippen LogP contribution in [0.25, 0.3) is 11.0 Å². The van der Waals surface area contributed by atoms with E-state index < -0.39 is 0 Å². The summed E-state index contributed by atoms with van der Waals surface area (Å²) in [6.07, 6.45) is 4.94. The Morgan fingerprint density at radius 3 is 2.73 bits per heavy atom. The maximum Gasteiger partial charge on any atom is 0.268 e. The smallest absolute Gasteiger partial charge is 0.268 e. The molecule has 3 aromatic rings. The van der Waals surface area contributed by atoms with Gasteiger partial charge in [0.15, 0.2) is 5.78 Å². The van der Waals surface area contributed by atoms with Crippen molar-refractivity contribution in [3.63, 3.8) is 0 Å². The number of ketones is 1. The van der Waals surface area contributed by atoms with Crippen LogP contribution in [0.15, 0.2) is 18.2 Å². The van der Waals surface area contributed by atoms with Crippen molar-refractivity contribution >= 4 is 22.7 Å². The van der Waals surface area contributed by atoms with Gasteiger partial charge in [0.25, 0.3) is 5.91 Å². The molecule has 0 saturated heterocycles. The van der Waals surface area contributed by atoms with Crippen LogP contribution in [0.2, 0.25) is 0 Å². The highest BCUT2D eigenvalue weighted by Gasteiger charge is 2.35. The highest BCUT2D eigenvalue weighted by Crippen LogP contribution is 2.37. The van der Waals surface area contributed by atoms with E-state index >= 15 is 0 Å². The number of amides is 1. The van der Waals surface area contributed by atoms with Crippen LogP contribution in [0.4, 0.5) is 0 Å². The fourth-order valence-electron chi connectivity index (χ4n) is 5.21. The van der Waals surface area contributed by atoms with Crippen LogP contribution in [0, 0.1) is 12.3 Å². The van der Waals surface area contributed by atoms with Crippen LogP contribution < -0.4 is 10.1 Å². The summed E-state index contributed by atoms with van der Waals surface area (Å²) in [6.45, 7) is 9.80. The van der Waals surface area contributed by atoms with Gasteiger partial charge in [-0.25, -0.2) is 4.98 Å². The van der Waals surface area contributed by atoms with Crippen LogP contribution in [0.1, 0.15) is 96.8 Å². The topological polar surface area (TPSA) is 103 Å². The van der Waals surface area contributed by atoms with Crippen molar-refractivity contribution in [3.8, 4) is 5.75 Å². The van der Waals surface area contributed by atoms with Crippen molar-refractivity contribution in [2.24, 2.45) is 5.41 Å². The van der Waals surface area contributed by atoms with Crippen molar-refractivity contribution in [1.82, 2.24) is 25.2 Å². The Bertz CT molecular complexity index is 1270. The second-order valence-electron chi connectivity index (χ2n) is 11.4. The number of imidazole rings is 1. The third-order valence-electron chi connectivity index (χ3n) is 7.10. The van der Waals surface area contributed by atoms with Gasteiger partial charge < -0.3 is 24.9 Å². The first kappa shape index (κ1) is 26.9. The molecule has 0 aliphatic heterocycles. The fourth-order valence-corrected chi connectivity index (χ4v) is 5.21. The molecule has 2 heterocycles. The Morgan fingerprint density at radius 2 is 2.00 bits per heavy atom. The predicted octanol–water partition coefficient (Wildman–Crippen LogP) is 5.35. The van der Waals surface area contributed by atoms with Crippen LogP contribution in [-0.4, -0.2) is 58.8 Å². The van der Waals surface area contributed by atoms with E-state index in [0.29, 0.717) is 24.3 Å². The van der Waals surface area contributed by atoms with E-state index in [4.69, 9.17) is 9.72 Å². The molecule has 0 radical (unpaired) electrons. The van der Waals surface area contributed by atoms with Gasteiger partial charge in [0.1, 0.15) is 17.3 Å². The van der Waals surface area contributed by atoms with Gasteiger partial charge in [-0.15, -0.1) is 0 Å². The average Bonchev–Trinajstić information content (AvgIpc) is 3.39. The maximum atomic E-state index is 13.4. The van der Waals surface area contributed by atoms with Gasteiger partial charge in [-0.1, -0.05) is 33.6 Å². The molecular formula is C29H41N5O3. The van der Waals surface area contributed by atoms with Gasteiger partial charge in [-0.2, -0.15) is 0 Å². The average molecular weight is 508 g/mol. The number of carbonyl (C=O) groups excluding carboxylic acids is 2. The predicted molar refractivity (Wildman–Crippen MR) is 146 cm³/mol. The van der Waals surface area contributed by atoms with Crippen molar-refractivity contribution < 1.29 is 14.3 Å². The third-order valence-corrected chi connectivity index (χ3v) is 7.10. The normalized spacial score (nSPS) is 15.7. The highest BCUT2D eigenvalue weighted by molar-refractivity contribution is 6.04. The Hall–Kier alpha value is -3.13. The molecule has 2 aromatic heterocycles. The van der Waals surface area contributed by atoms with E-state index in [2.05, 4.69) is 55.1 Å². The summed E-state index contributed by atoms with van der Waals surface area (Å²) in [7, 11) is 4.11. The lowest BCUT2D eigenvalue weighted by molar-refractivity contribution is 0.0908. The largest absolute Gasteiger partial charge is 0.493 e. The number of aromatic amines is 2. The summed E-state index contributed by atoms with van der Waals surface area (Å²) in [5, 5.41) is 3.19. The van der Waals surface area contributed by atoms with Gasteiger partial charge >= 0.3 is 0 Å². The summed E-state index contributed by atoms with van der Waals surface area (Å²) >= 11 is 0. The zero-order valence-electron chi connectivity index (χ0n) is 23.1. The fraction of sp³-hybridized carbons (Fsp3) is 0.552. The minimum atomic E-state index is -0.267. The van der Waals surface area contributed by atoms with Gasteiger partial charge in [-0.3, -0.25) is 9.59 Å². The molecule has 1 unspecified atom stereocenters. The SMILES string of the molecule is CCCCC(NC(=O)c1[nH]c2c(c1C)C(=O)CC(C)(C)C2)c1nc2ccc(OCCCN(C)C)cc2[nH]1. The number of fused-ring (bicyclic) bond motifs is 2. The number of nitrogens with zero attached hydrogens (tertiary/aromatic N) is 2.